The number of nitrogen functional groups attached to an aromatic ring is 1. The highest BCUT2D eigenvalue weighted by Gasteiger charge is 2.02. The summed E-state index contributed by atoms with van der Waals surface area (Å²) in [6.45, 7) is 0. The Hall–Kier alpha value is -0.800. The lowest BCUT2D eigenvalue weighted by atomic mass is 10.1. The molecule has 2 aromatic rings. The van der Waals surface area contributed by atoms with Crippen LogP contribution in [-0.4, -0.2) is 0 Å². The van der Waals surface area contributed by atoms with Crippen LogP contribution in [0, 0.1) is 0 Å². The Kier molecular flexibility index (Phi) is 2.38. The first-order valence-electron chi connectivity index (χ1n) is 3.90. The summed E-state index contributed by atoms with van der Waals surface area (Å²) in [6, 6.07) is 12.1. The van der Waals surface area contributed by atoms with Crippen molar-refractivity contribution >= 4 is 38.9 Å². The SMILES string of the molecule is Nc1c(S[S])ccc2ccccc12. The normalized spacial score (nSPS) is 10.5. The molecule has 2 rings (SSSR count). The van der Waals surface area contributed by atoms with Gasteiger partial charge in [0.25, 0.3) is 0 Å². The highest BCUT2D eigenvalue weighted by atomic mass is 33.1. The molecule has 1 nitrogen and oxygen atoms in total. The Morgan fingerprint density at radius 3 is 2.62 bits per heavy atom. The smallest absolute Gasteiger partial charge is 0.0540 e. The molecule has 1 radical (unpaired) electrons. The van der Waals surface area contributed by atoms with E-state index >= 15 is 0 Å². The van der Waals surface area contributed by atoms with E-state index in [0.717, 1.165) is 21.4 Å². The number of benzene rings is 2. The van der Waals surface area contributed by atoms with Crippen LogP contribution in [0.15, 0.2) is 41.3 Å². The number of nitrogens with two attached hydrogens (primary N) is 1. The maximum atomic E-state index is 5.94. The molecule has 0 aromatic heterocycles. The van der Waals surface area contributed by atoms with E-state index in [0.29, 0.717) is 0 Å². The van der Waals surface area contributed by atoms with Gasteiger partial charge in [-0.15, -0.1) is 0 Å². The largest absolute Gasteiger partial charge is 0.397 e. The van der Waals surface area contributed by atoms with E-state index in [1.54, 1.807) is 0 Å². The van der Waals surface area contributed by atoms with E-state index in [1.165, 1.54) is 10.8 Å². The van der Waals surface area contributed by atoms with Crippen LogP contribution in [0.25, 0.3) is 10.8 Å². The van der Waals surface area contributed by atoms with Crippen molar-refractivity contribution in [2.24, 2.45) is 0 Å². The van der Waals surface area contributed by atoms with Crippen LogP contribution in [0.3, 0.4) is 0 Å². The summed E-state index contributed by atoms with van der Waals surface area (Å²) >= 11 is 4.91. The molecule has 0 fully saturated rings. The van der Waals surface area contributed by atoms with Crippen molar-refractivity contribution in [1.29, 1.82) is 0 Å². The fourth-order valence-corrected chi connectivity index (χ4v) is 2.11. The third-order valence-corrected chi connectivity index (χ3v) is 3.09. The summed E-state index contributed by atoms with van der Waals surface area (Å²) in [5.74, 6) is 0. The molecule has 0 amide bonds. The fraction of sp³-hybridized carbons (Fsp3) is 0. The highest BCUT2D eigenvalue weighted by molar-refractivity contribution is 8.68. The monoisotopic (exact) mass is 206 g/mol. The summed E-state index contributed by atoms with van der Waals surface area (Å²) in [5.41, 5.74) is 6.73. The topological polar surface area (TPSA) is 26.0 Å². The number of hydrogen-bond donors (Lipinski definition) is 1. The maximum absolute atomic E-state index is 5.94. The van der Waals surface area contributed by atoms with Crippen molar-refractivity contribution in [3.8, 4) is 0 Å². The molecule has 0 saturated heterocycles. The average Bonchev–Trinajstić information content (AvgIpc) is 2.19. The predicted molar refractivity (Wildman–Crippen MR) is 61.8 cm³/mol. The molecule has 0 aliphatic rings. The molecule has 0 bridgehead atoms. The Morgan fingerprint density at radius 2 is 1.85 bits per heavy atom. The van der Waals surface area contributed by atoms with Crippen LogP contribution in [0.1, 0.15) is 0 Å². The van der Waals surface area contributed by atoms with Gasteiger partial charge in [-0.2, -0.15) is 0 Å². The van der Waals surface area contributed by atoms with Gasteiger partial charge in [-0.05, 0) is 33.9 Å². The van der Waals surface area contributed by atoms with E-state index in [1.807, 2.05) is 36.4 Å². The van der Waals surface area contributed by atoms with Crippen molar-refractivity contribution in [2.45, 2.75) is 4.90 Å². The van der Waals surface area contributed by atoms with Gasteiger partial charge in [0.1, 0.15) is 0 Å². The molecule has 0 heterocycles. The first-order chi connectivity index (χ1) is 6.33. The minimum absolute atomic E-state index is 0.790. The number of anilines is 1. The van der Waals surface area contributed by atoms with Gasteiger partial charge >= 0.3 is 0 Å². The van der Waals surface area contributed by atoms with Crippen LogP contribution < -0.4 is 5.73 Å². The van der Waals surface area contributed by atoms with Gasteiger partial charge in [-0.25, -0.2) is 0 Å². The minimum atomic E-state index is 0.790. The summed E-state index contributed by atoms with van der Waals surface area (Å²) in [5, 5.41) is 2.24. The van der Waals surface area contributed by atoms with Gasteiger partial charge < -0.3 is 5.73 Å². The molecule has 3 heteroatoms. The molecule has 2 N–H and O–H groups in total. The molecular formula is C10H8NS2. The molecule has 0 spiro atoms. The molecule has 0 aliphatic heterocycles. The third kappa shape index (κ3) is 1.49. The predicted octanol–water partition coefficient (Wildman–Crippen LogP) is 3.63. The van der Waals surface area contributed by atoms with Crippen LogP contribution >= 0.6 is 22.5 Å². The van der Waals surface area contributed by atoms with Crippen LogP contribution in [-0.2, 0) is 0 Å². The highest BCUT2D eigenvalue weighted by Crippen LogP contribution is 2.33. The van der Waals surface area contributed by atoms with Gasteiger partial charge in [0.2, 0.25) is 0 Å². The van der Waals surface area contributed by atoms with E-state index in [2.05, 4.69) is 0 Å². The van der Waals surface area contributed by atoms with Gasteiger partial charge in [0.15, 0.2) is 0 Å². The van der Waals surface area contributed by atoms with Crippen molar-refractivity contribution in [3.05, 3.63) is 36.4 Å². The first kappa shape index (κ1) is 8.78. The lowest BCUT2D eigenvalue weighted by Gasteiger charge is -2.05. The standard InChI is InChI=1S/C10H8NS2/c11-10-8-4-2-1-3-7(8)5-6-9(10)13-12/h1-6H,11H2. The molecule has 65 valence electrons. The Bertz CT molecular complexity index is 440. The molecule has 2 aromatic carbocycles. The lowest BCUT2D eigenvalue weighted by Crippen LogP contribution is -1.88. The molecule has 0 saturated carbocycles. The van der Waals surface area contributed by atoms with Crippen LogP contribution in [0.2, 0.25) is 0 Å². The zero-order chi connectivity index (χ0) is 9.26. The second kappa shape index (κ2) is 3.52. The van der Waals surface area contributed by atoms with E-state index in [-0.39, 0.29) is 0 Å². The summed E-state index contributed by atoms with van der Waals surface area (Å²) < 4.78 is 0. The van der Waals surface area contributed by atoms with E-state index in [9.17, 15) is 0 Å². The second-order valence-corrected chi connectivity index (χ2v) is 3.89. The fourth-order valence-electron chi connectivity index (χ4n) is 1.35. The minimum Gasteiger partial charge on any atom is -0.397 e. The van der Waals surface area contributed by atoms with Crippen molar-refractivity contribution < 1.29 is 0 Å². The zero-order valence-corrected chi connectivity index (χ0v) is 8.49. The van der Waals surface area contributed by atoms with Crippen molar-refractivity contribution in [2.75, 3.05) is 5.73 Å². The Morgan fingerprint density at radius 1 is 1.08 bits per heavy atom. The molecular weight excluding hydrogens is 198 g/mol. The Labute approximate surface area is 86.1 Å². The zero-order valence-electron chi connectivity index (χ0n) is 6.86. The molecule has 13 heavy (non-hydrogen) atoms. The summed E-state index contributed by atoms with van der Waals surface area (Å²) in [6.07, 6.45) is 0. The first-order valence-corrected chi connectivity index (χ1v) is 5.64. The van der Waals surface area contributed by atoms with Gasteiger partial charge in [-0.1, -0.05) is 30.3 Å². The number of hydrogen-bond acceptors (Lipinski definition) is 2. The third-order valence-electron chi connectivity index (χ3n) is 2.02. The van der Waals surface area contributed by atoms with Crippen LogP contribution in [0.4, 0.5) is 5.69 Å². The Balaban J connectivity index is 2.79. The summed E-state index contributed by atoms with van der Waals surface area (Å²) in [7, 11) is 1.27. The molecule has 0 aliphatic carbocycles. The molecule has 0 unspecified atom stereocenters. The van der Waals surface area contributed by atoms with Gasteiger partial charge in [0, 0.05) is 10.3 Å². The van der Waals surface area contributed by atoms with Crippen molar-refractivity contribution in [3.63, 3.8) is 0 Å². The van der Waals surface area contributed by atoms with Crippen molar-refractivity contribution in [1.82, 2.24) is 0 Å². The maximum Gasteiger partial charge on any atom is 0.0540 e. The van der Waals surface area contributed by atoms with Gasteiger partial charge in [0.05, 0.1) is 5.69 Å². The summed E-state index contributed by atoms with van der Waals surface area (Å²) in [4.78, 5) is 0.966. The van der Waals surface area contributed by atoms with E-state index < -0.39 is 0 Å². The average molecular weight is 206 g/mol. The van der Waals surface area contributed by atoms with Crippen LogP contribution in [0.5, 0.6) is 0 Å². The quantitative estimate of drug-likeness (QED) is 0.569. The molecule has 0 atom stereocenters. The number of fused-ring (bicyclic) bond motifs is 1. The second-order valence-electron chi connectivity index (χ2n) is 2.78. The lowest BCUT2D eigenvalue weighted by molar-refractivity contribution is 1.52. The van der Waals surface area contributed by atoms with Gasteiger partial charge in [-0.3, -0.25) is 0 Å². The number of rotatable bonds is 1. The van der Waals surface area contributed by atoms with E-state index in [4.69, 9.17) is 17.4 Å².